The van der Waals surface area contributed by atoms with Crippen LogP contribution in [0.4, 0.5) is 0 Å². The molecule has 4 heteroatoms. The summed E-state index contributed by atoms with van der Waals surface area (Å²) in [6, 6.07) is 2.10. The summed E-state index contributed by atoms with van der Waals surface area (Å²) in [4.78, 5) is 0. The number of thiophene rings is 1. The highest BCUT2D eigenvalue weighted by molar-refractivity contribution is 7.07. The van der Waals surface area contributed by atoms with Crippen LogP contribution in [0.1, 0.15) is 5.56 Å². The molecule has 0 aliphatic carbocycles. The molecule has 2 N–H and O–H groups in total. The normalized spacial score (nSPS) is 7.44. The Morgan fingerprint density at radius 1 is 1.56 bits per heavy atom. The number of aryl methyl sites for hydroxylation is 1. The Morgan fingerprint density at radius 2 is 2.11 bits per heavy atom. The Morgan fingerprint density at radius 3 is 2.22 bits per heavy atom. The Balaban J connectivity index is 0.000000187. The molecule has 1 aromatic rings. The summed E-state index contributed by atoms with van der Waals surface area (Å²) in [5, 5.41) is 18.5. The molecule has 0 amide bonds. The van der Waals surface area contributed by atoms with Crippen LogP contribution >= 0.6 is 11.3 Å². The van der Waals surface area contributed by atoms with Crippen molar-refractivity contribution in [2.45, 2.75) is 6.92 Å². The van der Waals surface area contributed by atoms with E-state index in [9.17, 15) is 0 Å². The van der Waals surface area contributed by atoms with Crippen LogP contribution in [0.15, 0.2) is 16.8 Å². The molecule has 0 aromatic carbocycles. The average Bonchev–Trinajstić information content (AvgIpc) is 2.20. The molecule has 1 aromatic heterocycles. The number of rotatable bonds is 0. The molecule has 0 aliphatic heterocycles. The Labute approximate surface area is 59.1 Å². The molecular weight excluding hydrogens is 135 g/mol. The predicted molar refractivity (Wildman–Crippen MR) is 40.6 cm³/mol. The van der Waals surface area contributed by atoms with Crippen LogP contribution in [0, 0.1) is 6.92 Å². The van der Waals surface area contributed by atoms with Crippen molar-refractivity contribution in [3.8, 4) is 0 Å². The highest BCUT2D eigenvalue weighted by Gasteiger charge is 1.74. The lowest BCUT2D eigenvalue weighted by Gasteiger charge is -1.65. The zero-order valence-electron chi connectivity index (χ0n) is 5.24. The topological polar surface area (TPSA) is 40.5 Å². The van der Waals surface area contributed by atoms with E-state index in [4.69, 9.17) is 10.0 Å². The summed E-state index contributed by atoms with van der Waals surface area (Å²) in [5.41, 5.74) is 1.36. The minimum Gasteiger partial charge on any atom is -0.430 e. The summed E-state index contributed by atoms with van der Waals surface area (Å²) < 4.78 is 0. The fraction of sp³-hybridized carbons (Fsp3) is 0.200. The molecule has 0 saturated heterocycles. The predicted octanol–water partition coefficient (Wildman–Crippen LogP) is 0.294. The molecule has 1 heterocycles. The van der Waals surface area contributed by atoms with Crippen molar-refractivity contribution in [2.24, 2.45) is 0 Å². The zero-order chi connectivity index (χ0) is 7.11. The number of hydrogen-bond acceptors (Lipinski definition) is 3. The van der Waals surface area contributed by atoms with Gasteiger partial charge in [-0.05, 0) is 29.3 Å². The lowest BCUT2D eigenvalue weighted by atomic mass is 10.4. The maximum Gasteiger partial charge on any atom is 0.432 e. The Hall–Kier alpha value is -0.315. The Kier molecular flexibility index (Phi) is 5.61. The van der Waals surface area contributed by atoms with E-state index in [-0.39, 0.29) is 0 Å². The van der Waals surface area contributed by atoms with E-state index in [1.807, 2.05) is 0 Å². The van der Waals surface area contributed by atoms with E-state index in [1.54, 1.807) is 11.3 Å². The average molecular weight is 144 g/mol. The van der Waals surface area contributed by atoms with Gasteiger partial charge in [-0.1, -0.05) is 0 Å². The molecule has 50 valence electrons. The summed E-state index contributed by atoms with van der Waals surface area (Å²) >= 11 is 1.74. The summed E-state index contributed by atoms with van der Waals surface area (Å²) in [6.07, 6.45) is 0. The molecule has 2 nitrogen and oxygen atoms in total. The van der Waals surface area contributed by atoms with Gasteiger partial charge in [0.15, 0.2) is 0 Å². The van der Waals surface area contributed by atoms with Crippen molar-refractivity contribution < 1.29 is 10.0 Å². The van der Waals surface area contributed by atoms with Crippen LogP contribution < -0.4 is 0 Å². The van der Waals surface area contributed by atoms with Gasteiger partial charge in [-0.15, -0.1) is 0 Å². The van der Waals surface area contributed by atoms with E-state index in [0.29, 0.717) is 0 Å². The van der Waals surface area contributed by atoms with Gasteiger partial charge in [-0.3, -0.25) is 0 Å². The van der Waals surface area contributed by atoms with Crippen molar-refractivity contribution in [1.82, 2.24) is 0 Å². The van der Waals surface area contributed by atoms with Crippen LogP contribution in [-0.2, 0) is 0 Å². The molecule has 9 heavy (non-hydrogen) atoms. The van der Waals surface area contributed by atoms with Gasteiger partial charge < -0.3 is 10.0 Å². The highest BCUT2D eigenvalue weighted by Crippen LogP contribution is 2.01. The van der Waals surface area contributed by atoms with Crippen LogP contribution in [-0.4, -0.2) is 17.7 Å². The fourth-order valence-electron chi connectivity index (χ4n) is 0.333. The van der Waals surface area contributed by atoms with Crippen LogP contribution in [0.2, 0.25) is 0 Å². The van der Waals surface area contributed by atoms with Gasteiger partial charge in [-0.25, -0.2) is 0 Å². The van der Waals surface area contributed by atoms with Crippen molar-refractivity contribution in [1.29, 1.82) is 0 Å². The summed E-state index contributed by atoms with van der Waals surface area (Å²) in [7, 11) is -0.750. The lowest BCUT2D eigenvalue weighted by Crippen LogP contribution is -1.75. The third kappa shape index (κ3) is 5.56. The molecule has 0 atom stereocenters. The smallest absolute Gasteiger partial charge is 0.430 e. The standard InChI is InChI=1S/C5H6S.BH3O2/c1-5-2-3-6-4-5;2-1-3/h2-4H,1H3;1-3H. The van der Waals surface area contributed by atoms with E-state index < -0.39 is 7.69 Å². The second kappa shape index (κ2) is 5.82. The maximum atomic E-state index is 7.12. The first kappa shape index (κ1) is 8.68. The third-order valence-electron chi connectivity index (χ3n) is 0.663. The molecule has 0 spiro atoms. The molecule has 0 fully saturated rings. The van der Waals surface area contributed by atoms with Gasteiger partial charge in [0.1, 0.15) is 0 Å². The van der Waals surface area contributed by atoms with Crippen molar-refractivity contribution in [2.75, 3.05) is 0 Å². The zero-order valence-corrected chi connectivity index (χ0v) is 6.06. The van der Waals surface area contributed by atoms with Gasteiger partial charge >= 0.3 is 7.69 Å². The highest BCUT2D eigenvalue weighted by atomic mass is 32.1. The lowest BCUT2D eigenvalue weighted by molar-refractivity contribution is 0.448. The maximum absolute atomic E-state index is 7.12. The fourth-order valence-corrected chi connectivity index (χ4v) is 0.998. The molecule has 1 rings (SSSR count). The molecule has 0 radical (unpaired) electrons. The Bertz CT molecular complexity index is 130. The first-order valence-corrected chi connectivity index (χ1v) is 3.46. The first-order chi connectivity index (χ1) is 4.31. The van der Waals surface area contributed by atoms with Gasteiger partial charge in [0.2, 0.25) is 0 Å². The second-order valence-corrected chi connectivity index (χ2v) is 2.22. The molecule has 0 aliphatic rings. The third-order valence-corrected chi connectivity index (χ3v) is 1.46. The molecule has 0 bridgehead atoms. The minimum absolute atomic E-state index is 0.750. The van der Waals surface area contributed by atoms with Crippen LogP contribution in [0.5, 0.6) is 0 Å². The molecule has 0 saturated carbocycles. The van der Waals surface area contributed by atoms with Crippen molar-refractivity contribution >= 4 is 19.0 Å². The van der Waals surface area contributed by atoms with Gasteiger partial charge in [0.05, 0.1) is 0 Å². The largest absolute Gasteiger partial charge is 0.432 e. The van der Waals surface area contributed by atoms with E-state index in [2.05, 4.69) is 23.8 Å². The first-order valence-electron chi connectivity index (χ1n) is 2.51. The quantitative estimate of drug-likeness (QED) is 0.514. The van der Waals surface area contributed by atoms with Gasteiger partial charge in [0.25, 0.3) is 0 Å². The van der Waals surface area contributed by atoms with Crippen LogP contribution in [0.3, 0.4) is 0 Å². The summed E-state index contributed by atoms with van der Waals surface area (Å²) in [6.45, 7) is 2.09. The van der Waals surface area contributed by atoms with E-state index in [0.717, 1.165) is 0 Å². The van der Waals surface area contributed by atoms with E-state index >= 15 is 0 Å². The molecule has 0 unspecified atom stereocenters. The van der Waals surface area contributed by atoms with Gasteiger partial charge in [0, 0.05) is 0 Å². The van der Waals surface area contributed by atoms with Gasteiger partial charge in [-0.2, -0.15) is 11.3 Å². The summed E-state index contributed by atoms with van der Waals surface area (Å²) in [5.74, 6) is 0. The van der Waals surface area contributed by atoms with E-state index in [1.165, 1.54) is 5.56 Å². The molecular formula is C5H9BO2S. The van der Waals surface area contributed by atoms with Crippen LogP contribution in [0.25, 0.3) is 0 Å². The number of hydrogen-bond donors (Lipinski definition) is 2. The minimum atomic E-state index is -0.750. The second-order valence-electron chi connectivity index (χ2n) is 1.44. The van der Waals surface area contributed by atoms with Crippen molar-refractivity contribution in [3.05, 3.63) is 22.4 Å². The SMILES string of the molecule is Cc1ccsc1.OBO. The monoisotopic (exact) mass is 144 g/mol. The van der Waals surface area contributed by atoms with Crippen molar-refractivity contribution in [3.63, 3.8) is 0 Å².